The van der Waals surface area contributed by atoms with Crippen molar-refractivity contribution in [1.29, 1.82) is 0 Å². The molecular formula is C9H8INO2. The Labute approximate surface area is 89.9 Å². The molecule has 0 saturated heterocycles. The lowest BCUT2D eigenvalue weighted by Crippen LogP contribution is -2.31. The van der Waals surface area contributed by atoms with E-state index in [1.807, 2.05) is 24.3 Å². The van der Waals surface area contributed by atoms with E-state index in [0.29, 0.717) is 6.42 Å². The van der Waals surface area contributed by atoms with Crippen LogP contribution in [-0.2, 0) is 11.2 Å². The first-order chi connectivity index (χ1) is 6.20. The van der Waals surface area contributed by atoms with Crippen molar-refractivity contribution in [2.24, 2.45) is 0 Å². The number of halogens is 1. The highest BCUT2D eigenvalue weighted by Gasteiger charge is 2.32. The molecule has 1 aliphatic heterocycles. The van der Waals surface area contributed by atoms with E-state index < -0.39 is 12.0 Å². The molecule has 0 bridgehead atoms. The zero-order chi connectivity index (χ0) is 9.42. The van der Waals surface area contributed by atoms with Gasteiger partial charge in [-0.3, -0.25) is 3.11 Å². The molecule has 0 aromatic heterocycles. The van der Waals surface area contributed by atoms with Crippen molar-refractivity contribution in [1.82, 2.24) is 0 Å². The Kier molecular flexibility index (Phi) is 2.15. The SMILES string of the molecule is O=C(O)C1Cc2ccccc2N1I. The van der Waals surface area contributed by atoms with Crippen LogP contribution in [0.4, 0.5) is 5.69 Å². The first kappa shape index (κ1) is 8.80. The van der Waals surface area contributed by atoms with Gasteiger partial charge in [0.2, 0.25) is 0 Å². The molecule has 1 unspecified atom stereocenters. The maximum absolute atomic E-state index is 10.8. The number of carbonyl (C=O) groups is 1. The highest BCUT2D eigenvalue weighted by molar-refractivity contribution is 14.1. The maximum atomic E-state index is 10.8. The summed E-state index contributed by atoms with van der Waals surface area (Å²) < 4.78 is 1.79. The lowest BCUT2D eigenvalue weighted by Gasteiger charge is -2.15. The second kappa shape index (κ2) is 3.17. The second-order valence-corrected chi connectivity index (χ2v) is 4.04. The third-order valence-electron chi connectivity index (χ3n) is 2.19. The number of carboxylic acids is 1. The fourth-order valence-corrected chi connectivity index (χ4v) is 2.44. The van der Waals surface area contributed by atoms with Gasteiger partial charge in [-0.1, -0.05) is 18.2 Å². The molecule has 1 N–H and O–H groups in total. The first-order valence-corrected chi connectivity index (χ1v) is 4.92. The molecule has 13 heavy (non-hydrogen) atoms. The van der Waals surface area contributed by atoms with Crippen molar-refractivity contribution in [3.8, 4) is 0 Å². The van der Waals surface area contributed by atoms with Crippen LogP contribution in [0.15, 0.2) is 24.3 Å². The Morgan fingerprint density at radius 1 is 1.54 bits per heavy atom. The van der Waals surface area contributed by atoms with Gasteiger partial charge in [0.1, 0.15) is 6.04 Å². The molecule has 68 valence electrons. The van der Waals surface area contributed by atoms with Gasteiger partial charge in [-0.15, -0.1) is 0 Å². The van der Waals surface area contributed by atoms with Gasteiger partial charge in [0.25, 0.3) is 0 Å². The number of hydrogen-bond acceptors (Lipinski definition) is 2. The minimum Gasteiger partial charge on any atom is -0.480 e. The molecule has 1 aliphatic rings. The monoisotopic (exact) mass is 289 g/mol. The lowest BCUT2D eigenvalue weighted by molar-refractivity contribution is -0.138. The summed E-state index contributed by atoms with van der Waals surface area (Å²) in [5, 5.41) is 8.91. The lowest BCUT2D eigenvalue weighted by atomic mass is 10.1. The number of rotatable bonds is 1. The van der Waals surface area contributed by atoms with Crippen LogP contribution in [0.1, 0.15) is 5.56 Å². The van der Waals surface area contributed by atoms with E-state index in [1.54, 1.807) is 3.11 Å². The number of benzene rings is 1. The van der Waals surface area contributed by atoms with E-state index in [0.717, 1.165) is 11.3 Å². The van der Waals surface area contributed by atoms with Crippen LogP contribution in [0.5, 0.6) is 0 Å². The summed E-state index contributed by atoms with van der Waals surface area (Å²) in [5.74, 6) is -0.759. The van der Waals surface area contributed by atoms with E-state index in [2.05, 4.69) is 22.9 Å². The Morgan fingerprint density at radius 3 is 2.85 bits per heavy atom. The molecule has 0 spiro atoms. The molecular weight excluding hydrogens is 281 g/mol. The van der Waals surface area contributed by atoms with Gasteiger partial charge in [0, 0.05) is 12.1 Å². The van der Waals surface area contributed by atoms with Crippen LogP contribution < -0.4 is 3.11 Å². The standard InChI is InChI=1S/C9H8INO2/c10-11-7-4-2-1-3-6(7)5-8(11)9(12)13/h1-4,8H,5H2,(H,12,13). The van der Waals surface area contributed by atoms with Gasteiger partial charge in [-0.05, 0) is 11.6 Å². The first-order valence-electron chi connectivity index (χ1n) is 3.96. The van der Waals surface area contributed by atoms with E-state index in [1.165, 1.54) is 0 Å². The zero-order valence-electron chi connectivity index (χ0n) is 6.77. The van der Waals surface area contributed by atoms with Crippen LogP contribution in [0, 0.1) is 0 Å². The molecule has 0 amide bonds. The van der Waals surface area contributed by atoms with E-state index in [9.17, 15) is 4.79 Å². The molecule has 0 aliphatic carbocycles. The summed E-state index contributed by atoms with van der Waals surface area (Å²) in [6.07, 6.45) is 0.606. The number of anilines is 1. The summed E-state index contributed by atoms with van der Waals surface area (Å²) in [6, 6.07) is 7.38. The summed E-state index contributed by atoms with van der Waals surface area (Å²) in [7, 11) is 0. The van der Waals surface area contributed by atoms with Crippen LogP contribution in [0.2, 0.25) is 0 Å². The normalized spacial score (nSPS) is 20.1. The predicted octanol–water partition coefficient (Wildman–Crippen LogP) is 1.85. The minimum atomic E-state index is -0.759. The van der Waals surface area contributed by atoms with Crippen molar-refractivity contribution in [2.45, 2.75) is 12.5 Å². The molecule has 3 nitrogen and oxygen atoms in total. The van der Waals surface area contributed by atoms with Crippen LogP contribution >= 0.6 is 22.9 Å². The number of nitrogens with zero attached hydrogens (tertiary/aromatic N) is 1. The Hall–Kier alpha value is -0.780. The van der Waals surface area contributed by atoms with E-state index in [4.69, 9.17) is 5.11 Å². The zero-order valence-corrected chi connectivity index (χ0v) is 8.93. The van der Waals surface area contributed by atoms with Gasteiger partial charge < -0.3 is 5.11 Å². The van der Waals surface area contributed by atoms with Crippen molar-refractivity contribution < 1.29 is 9.90 Å². The summed E-state index contributed by atoms with van der Waals surface area (Å²) in [6.45, 7) is 0. The third-order valence-corrected chi connectivity index (χ3v) is 3.39. The summed E-state index contributed by atoms with van der Waals surface area (Å²) in [5.41, 5.74) is 2.14. The van der Waals surface area contributed by atoms with Gasteiger partial charge in [0.15, 0.2) is 0 Å². The average Bonchev–Trinajstić information content (AvgIpc) is 2.45. The highest BCUT2D eigenvalue weighted by Crippen LogP contribution is 2.34. The molecule has 4 heteroatoms. The Morgan fingerprint density at radius 2 is 2.23 bits per heavy atom. The minimum absolute atomic E-state index is 0.405. The molecule has 1 aromatic carbocycles. The molecule has 2 rings (SSSR count). The maximum Gasteiger partial charge on any atom is 0.327 e. The van der Waals surface area contributed by atoms with Crippen LogP contribution in [-0.4, -0.2) is 17.1 Å². The second-order valence-electron chi connectivity index (χ2n) is 3.00. The van der Waals surface area contributed by atoms with Gasteiger partial charge in [-0.2, -0.15) is 0 Å². The number of para-hydroxylation sites is 1. The number of carboxylic acid groups (broad SMARTS) is 1. The van der Waals surface area contributed by atoms with E-state index >= 15 is 0 Å². The number of aliphatic carboxylic acids is 1. The van der Waals surface area contributed by atoms with Crippen LogP contribution in [0.3, 0.4) is 0 Å². The Bertz CT molecular complexity index is 353. The van der Waals surface area contributed by atoms with Crippen LogP contribution in [0.25, 0.3) is 0 Å². The van der Waals surface area contributed by atoms with Gasteiger partial charge in [-0.25, -0.2) is 4.79 Å². The predicted molar refractivity (Wildman–Crippen MR) is 58.1 cm³/mol. The molecule has 0 saturated carbocycles. The number of hydrogen-bond donors (Lipinski definition) is 1. The molecule has 1 aromatic rings. The largest absolute Gasteiger partial charge is 0.480 e. The fraction of sp³-hybridized carbons (Fsp3) is 0.222. The quantitative estimate of drug-likeness (QED) is 0.633. The fourth-order valence-electron chi connectivity index (χ4n) is 1.53. The summed E-state index contributed by atoms with van der Waals surface area (Å²) >= 11 is 2.05. The topological polar surface area (TPSA) is 40.5 Å². The smallest absolute Gasteiger partial charge is 0.327 e. The van der Waals surface area contributed by atoms with Crippen molar-refractivity contribution >= 4 is 34.5 Å². The number of fused-ring (bicyclic) bond motifs is 1. The molecule has 1 heterocycles. The van der Waals surface area contributed by atoms with Crippen molar-refractivity contribution in [3.05, 3.63) is 29.8 Å². The Balaban J connectivity index is 2.38. The van der Waals surface area contributed by atoms with Gasteiger partial charge >= 0.3 is 5.97 Å². The van der Waals surface area contributed by atoms with Gasteiger partial charge in [0.05, 0.1) is 22.9 Å². The molecule has 0 fully saturated rings. The highest BCUT2D eigenvalue weighted by atomic mass is 127. The third kappa shape index (κ3) is 1.39. The van der Waals surface area contributed by atoms with E-state index in [-0.39, 0.29) is 0 Å². The van der Waals surface area contributed by atoms with Crippen molar-refractivity contribution in [3.63, 3.8) is 0 Å². The molecule has 1 atom stereocenters. The summed E-state index contributed by atoms with van der Waals surface area (Å²) in [4.78, 5) is 10.8. The molecule has 0 radical (unpaired) electrons. The average molecular weight is 289 g/mol. The van der Waals surface area contributed by atoms with Crippen molar-refractivity contribution in [2.75, 3.05) is 3.11 Å².